The van der Waals surface area contributed by atoms with Crippen LogP contribution in [0.2, 0.25) is 0 Å². The maximum atomic E-state index is 11.7. The lowest BCUT2D eigenvalue weighted by Crippen LogP contribution is -2.49. The van der Waals surface area contributed by atoms with Crippen molar-refractivity contribution in [1.82, 2.24) is 14.9 Å². The first-order valence-electron chi connectivity index (χ1n) is 11.9. The molecular formula is C24H33N7O2. The van der Waals surface area contributed by atoms with Crippen LogP contribution >= 0.6 is 0 Å². The van der Waals surface area contributed by atoms with Gasteiger partial charge >= 0.3 is 0 Å². The van der Waals surface area contributed by atoms with Crippen LogP contribution in [0.25, 0.3) is 0 Å². The predicted octanol–water partition coefficient (Wildman–Crippen LogP) is 1.31. The summed E-state index contributed by atoms with van der Waals surface area (Å²) in [4.78, 5) is 33.0. The van der Waals surface area contributed by atoms with E-state index in [4.69, 9.17) is 14.7 Å². The molecule has 33 heavy (non-hydrogen) atoms. The molecule has 1 aromatic carbocycles. The van der Waals surface area contributed by atoms with Gasteiger partial charge in [0.25, 0.3) is 0 Å². The van der Waals surface area contributed by atoms with Crippen molar-refractivity contribution in [2.75, 3.05) is 98.3 Å². The molecule has 1 amide bonds. The van der Waals surface area contributed by atoms with Crippen LogP contribution in [0, 0.1) is 0 Å². The van der Waals surface area contributed by atoms with Crippen molar-refractivity contribution in [3.05, 3.63) is 36.4 Å². The molecule has 0 spiro atoms. The first kappa shape index (κ1) is 21.8. The normalized spacial score (nSPS) is 19.7. The van der Waals surface area contributed by atoms with Crippen LogP contribution < -0.4 is 19.6 Å². The third kappa shape index (κ3) is 4.98. The van der Waals surface area contributed by atoms with Gasteiger partial charge in [-0.15, -0.1) is 0 Å². The molecule has 1 aromatic heterocycles. The number of rotatable bonds is 4. The van der Waals surface area contributed by atoms with Gasteiger partial charge in [-0.05, 0) is 12.1 Å². The molecule has 3 saturated heterocycles. The summed E-state index contributed by atoms with van der Waals surface area (Å²) in [6, 6.07) is 12.7. The zero-order chi connectivity index (χ0) is 22.6. The monoisotopic (exact) mass is 451 g/mol. The highest BCUT2D eigenvalue weighted by Gasteiger charge is 2.25. The Bertz CT molecular complexity index is 935. The Labute approximate surface area is 195 Å². The number of anilines is 4. The van der Waals surface area contributed by atoms with Gasteiger partial charge in [0.05, 0.1) is 13.2 Å². The highest BCUT2D eigenvalue weighted by molar-refractivity contribution is 5.73. The van der Waals surface area contributed by atoms with Gasteiger partial charge in [-0.2, -0.15) is 9.97 Å². The standard InChI is InChI=1S/C24H33N7O2/c1-20(32)27-7-11-29(12-8-27)22-19-23(30-15-17-33-18-16-30)26-24(25-22)31-13-9-28(10-14-31)21-5-3-2-4-6-21/h2-6,19H,7-18H2,1H3. The Kier molecular flexibility index (Phi) is 6.48. The van der Waals surface area contributed by atoms with Gasteiger partial charge in [0.15, 0.2) is 0 Å². The summed E-state index contributed by atoms with van der Waals surface area (Å²) < 4.78 is 5.55. The molecule has 9 nitrogen and oxygen atoms in total. The lowest BCUT2D eigenvalue weighted by molar-refractivity contribution is -0.129. The van der Waals surface area contributed by atoms with E-state index >= 15 is 0 Å². The average molecular weight is 452 g/mol. The number of carbonyl (C=O) groups excluding carboxylic acids is 1. The lowest BCUT2D eigenvalue weighted by atomic mass is 10.2. The molecule has 3 aliphatic heterocycles. The van der Waals surface area contributed by atoms with Gasteiger partial charge in [-0.1, -0.05) is 18.2 Å². The van der Waals surface area contributed by atoms with Gasteiger partial charge in [0.2, 0.25) is 11.9 Å². The van der Waals surface area contributed by atoms with Gasteiger partial charge in [0, 0.05) is 84.1 Å². The second kappa shape index (κ2) is 9.82. The van der Waals surface area contributed by atoms with Gasteiger partial charge in [-0.3, -0.25) is 4.79 Å². The second-order valence-corrected chi connectivity index (χ2v) is 8.79. The fourth-order valence-corrected chi connectivity index (χ4v) is 4.72. The van der Waals surface area contributed by atoms with E-state index < -0.39 is 0 Å². The molecule has 3 fully saturated rings. The van der Waals surface area contributed by atoms with Crippen molar-refractivity contribution < 1.29 is 9.53 Å². The second-order valence-electron chi connectivity index (χ2n) is 8.79. The Morgan fingerprint density at radius 3 is 1.88 bits per heavy atom. The smallest absolute Gasteiger partial charge is 0.229 e. The molecule has 0 saturated carbocycles. The fraction of sp³-hybridized carbons (Fsp3) is 0.542. The van der Waals surface area contributed by atoms with Crippen molar-refractivity contribution in [2.45, 2.75) is 6.92 Å². The van der Waals surface area contributed by atoms with Gasteiger partial charge in [-0.25, -0.2) is 0 Å². The highest BCUT2D eigenvalue weighted by atomic mass is 16.5. The van der Waals surface area contributed by atoms with Crippen molar-refractivity contribution in [3.8, 4) is 0 Å². The summed E-state index contributed by atoms with van der Waals surface area (Å²) in [6.45, 7) is 11.5. The molecule has 0 bridgehead atoms. The minimum absolute atomic E-state index is 0.142. The van der Waals surface area contributed by atoms with E-state index in [2.05, 4.69) is 56.0 Å². The summed E-state index contributed by atoms with van der Waals surface area (Å²) in [5, 5.41) is 0. The summed E-state index contributed by atoms with van der Waals surface area (Å²) in [5.74, 6) is 2.87. The van der Waals surface area contributed by atoms with Crippen LogP contribution in [0.5, 0.6) is 0 Å². The third-order valence-electron chi connectivity index (χ3n) is 6.76. The van der Waals surface area contributed by atoms with Crippen LogP contribution in [0.1, 0.15) is 6.92 Å². The van der Waals surface area contributed by atoms with E-state index in [9.17, 15) is 4.79 Å². The predicted molar refractivity (Wildman–Crippen MR) is 130 cm³/mol. The Balaban J connectivity index is 1.35. The number of morpholine rings is 1. The van der Waals surface area contributed by atoms with Crippen LogP contribution in [0.4, 0.5) is 23.3 Å². The molecular weight excluding hydrogens is 418 g/mol. The number of benzene rings is 1. The number of piperazine rings is 2. The zero-order valence-electron chi connectivity index (χ0n) is 19.4. The fourth-order valence-electron chi connectivity index (χ4n) is 4.72. The number of ether oxygens (including phenoxy) is 1. The number of hydrogen-bond acceptors (Lipinski definition) is 8. The van der Waals surface area contributed by atoms with E-state index in [1.165, 1.54) is 5.69 Å². The third-order valence-corrected chi connectivity index (χ3v) is 6.76. The Morgan fingerprint density at radius 1 is 0.727 bits per heavy atom. The van der Waals surface area contributed by atoms with Crippen LogP contribution in [-0.4, -0.2) is 99.4 Å². The molecule has 5 rings (SSSR count). The lowest BCUT2D eigenvalue weighted by Gasteiger charge is -2.38. The molecule has 0 radical (unpaired) electrons. The topological polar surface area (TPSA) is 68.3 Å². The molecule has 2 aromatic rings. The number of hydrogen-bond donors (Lipinski definition) is 0. The van der Waals surface area contributed by atoms with Crippen molar-refractivity contribution in [3.63, 3.8) is 0 Å². The van der Waals surface area contributed by atoms with E-state index in [0.717, 1.165) is 96.2 Å². The maximum Gasteiger partial charge on any atom is 0.229 e. The van der Waals surface area contributed by atoms with E-state index in [1.54, 1.807) is 6.92 Å². The molecule has 0 unspecified atom stereocenters. The van der Waals surface area contributed by atoms with Crippen LogP contribution in [0.15, 0.2) is 36.4 Å². The summed E-state index contributed by atoms with van der Waals surface area (Å²) in [5.41, 5.74) is 1.27. The summed E-state index contributed by atoms with van der Waals surface area (Å²) in [7, 11) is 0. The average Bonchev–Trinajstić information content (AvgIpc) is 2.89. The van der Waals surface area contributed by atoms with Crippen molar-refractivity contribution in [1.29, 1.82) is 0 Å². The maximum absolute atomic E-state index is 11.7. The molecule has 0 atom stereocenters. The Morgan fingerprint density at radius 2 is 1.27 bits per heavy atom. The zero-order valence-corrected chi connectivity index (χ0v) is 19.4. The molecule has 176 valence electrons. The molecule has 9 heteroatoms. The largest absolute Gasteiger partial charge is 0.378 e. The minimum atomic E-state index is 0.142. The number of amides is 1. The van der Waals surface area contributed by atoms with E-state index in [0.29, 0.717) is 0 Å². The molecule has 0 N–H and O–H groups in total. The summed E-state index contributed by atoms with van der Waals surface area (Å²) in [6.07, 6.45) is 0. The number of carbonyl (C=O) groups is 1. The molecule has 0 aliphatic carbocycles. The Hall–Kier alpha value is -3.07. The van der Waals surface area contributed by atoms with Crippen LogP contribution in [0.3, 0.4) is 0 Å². The number of aromatic nitrogens is 2. The van der Waals surface area contributed by atoms with Gasteiger partial charge < -0.3 is 29.2 Å². The van der Waals surface area contributed by atoms with E-state index in [1.807, 2.05) is 4.90 Å². The quantitative estimate of drug-likeness (QED) is 0.689. The highest BCUT2D eigenvalue weighted by Crippen LogP contribution is 2.26. The van der Waals surface area contributed by atoms with Crippen LogP contribution in [-0.2, 0) is 9.53 Å². The number of para-hydroxylation sites is 1. The van der Waals surface area contributed by atoms with E-state index in [-0.39, 0.29) is 5.91 Å². The van der Waals surface area contributed by atoms with Crippen molar-refractivity contribution in [2.24, 2.45) is 0 Å². The van der Waals surface area contributed by atoms with Crippen molar-refractivity contribution >= 4 is 29.2 Å². The number of nitrogens with zero attached hydrogens (tertiary/aromatic N) is 7. The van der Waals surface area contributed by atoms with Gasteiger partial charge in [0.1, 0.15) is 11.6 Å². The SMILES string of the molecule is CC(=O)N1CCN(c2cc(N3CCOCC3)nc(N3CCN(c4ccccc4)CC3)n2)CC1. The molecule has 3 aliphatic rings. The minimum Gasteiger partial charge on any atom is -0.378 e. The summed E-state index contributed by atoms with van der Waals surface area (Å²) >= 11 is 0. The first-order valence-corrected chi connectivity index (χ1v) is 11.9. The molecule has 4 heterocycles. The first-order chi connectivity index (χ1) is 16.2.